The third kappa shape index (κ3) is 8.59. The zero-order valence-electron chi connectivity index (χ0n) is 35.1. The van der Waals surface area contributed by atoms with E-state index in [2.05, 4.69) is 29.2 Å². The molecule has 4 fully saturated rings. The number of hydrogen-bond acceptors (Lipinski definition) is 11. The number of rotatable bonds is 9. The summed E-state index contributed by atoms with van der Waals surface area (Å²) < 4.78 is 42.3. The lowest BCUT2D eigenvalue weighted by atomic mass is 10.0. The number of carbonyl (C=O) groups is 4. The van der Waals surface area contributed by atoms with Crippen LogP contribution in [0.5, 0.6) is 5.88 Å². The fourth-order valence-electron chi connectivity index (χ4n) is 9.09. The standard InChI is InChI=1S/C45H54N8O8S/c1-27(2)33-19-12-20-35(46-33)37-24-39(53-40(47-37)32-16-10-11-17-34(32)50-53)60-30-23-38-41(54)49-45(43(56)51-62(58,59)31-21-22-31)25-28(45)13-6-4-3-5-7-18-36(42(55)52(38)26-30)48-44(57)61-29-14-8-9-15-29/h6,10-13,16-17,19-20,24,27-31,36,38H,3-5,7-9,14-15,18,21-23,25-26H2,1-2H3,(H,48,57)(H,49,54)(H,51,56)/b13-6-/t28-,30+,36-,38-,45+/m0/s1. The van der Waals surface area contributed by atoms with E-state index >= 15 is 0 Å². The van der Waals surface area contributed by atoms with Crippen molar-refractivity contribution in [3.8, 4) is 17.3 Å². The normalized spacial score (nSPS) is 26.6. The topological polar surface area (TPSA) is 203 Å². The predicted octanol–water partition coefficient (Wildman–Crippen LogP) is 5.46. The molecule has 16 nitrogen and oxygen atoms in total. The Morgan fingerprint density at radius 1 is 0.919 bits per heavy atom. The first-order valence-electron chi connectivity index (χ1n) is 22.1. The number of hydrogen-bond donors (Lipinski definition) is 3. The van der Waals surface area contributed by atoms with Gasteiger partial charge in [0.05, 0.1) is 28.7 Å². The number of nitrogens with zero attached hydrogens (tertiary/aromatic N) is 5. The molecule has 0 radical (unpaired) electrons. The zero-order chi connectivity index (χ0) is 43.2. The van der Waals surface area contributed by atoms with Crippen molar-refractivity contribution in [3.05, 3.63) is 66.4 Å². The fraction of sp³-hybridized carbons (Fsp3) is 0.533. The molecule has 4 amide bonds. The minimum Gasteiger partial charge on any atom is -0.472 e. The highest BCUT2D eigenvalue weighted by Gasteiger charge is 2.62. The summed E-state index contributed by atoms with van der Waals surface area (Å²) in [4.78, 5) is 68.0. The number of sulfonamides is 1. The molecule has 5 atom stereocenters. The van der Waals surface area contributed by atoms with Gasteiger partial charge in [-0.25, -0.2) is 18.2 Å². The molecule has 0 bridgehead atoms. The van der Waals surface area contributed by atoms with Gasteiger partial charge in [-0.05, 0) is 94.4 Å². The molecule has 3 aliphatic carbocycles. The van der Waals surface area contributed by atoms with Gasteiger partial charge in [0.25, 0.3) is 5.91 Å². The highest BCUT2D eigenvalue weighted by atomic mass is 32.2. The number of aromatic nitrogens is 4. The average Bonchev–Trinajstić information content (AvgIpc) is 4.06. The number of carbonyl (C=O) groups excluding carboxylic acids is 4. The molecule has 0 unspecified atom stereocenters. The van der Waals surface area contributed by atoms with E-state index < -0.39 is 68.7 Å². The maximum atomic E-state index is 14.8. The summed E-state index contributed by atoms with van der Waals surface area (Å²) in [5, 5.41) is 10.8. The number of allylic oxidation sites excluding steroid dienone is 1. The Morgan fingerprint density at radius 2 is 1.71 bits per heavy atom. The lowest BCUT2D eigenvalue weighted by Crippen LogP contribution is -2.58. The van der Waals surface area contributed by atoms with E-state index in [1.165, 1.54) is 4.90 Å². The van der Waals surface area contributed by atoms with Crippen molar-refractivity contribution in [2.45, 2.75) is 138 Å². The Balaban J connectivity index is 1.06. The SMILES string of the molecule is CC(C)c1cccc(-c2cc(O[C@@H]3C[C@H]4C(=O)N[C@]5(C(=O)NS(=O)(=O)C6CC6)C[C@@H]5/C=C\CCCCC[C@H](NC(=O)OC5CCCC5)C(=O)N4C3)n3nc4ccccc4c3n2)n1. The first-order chi connectivity index (χ1) is 29.9. The van der Waals surface area contributed by atoms with Crippen LogP contribution in [0.2, 0.25) is 0 Å². The molecular formula is C45H54N8O8S. The smallest absolute Gasteiger partial charge is 0.408 e. The van der Waals surface area contributed by atoms with E-state index in [0.29, 0.717) is 60.5 Å². The molecule has 5 aliphatic rings. The Bertz CT molecular complexity index is 2530. The number of ether oxygens (including phenoxy) is 2. The lowest BCUT2D eigenvalue weighted by molar-refractivity contribution is -0.141. The highest BCUT2D eigenvalue weighted by molar-refractivity contribution is 7.91. The van der Waals surface area contributed by atoms with Crippen LogP contribution >= 0.6 is 0 Å². The molecule has 328 valence electrons. The van der Waals surface area contributed by atoms with Crippen LogP contribution in [-0.4, -0.2) is 98.3 Å². The number of fused-ring (bicyclic) bond motifs is 5. The van der Waals surface area contributed by atoms with Crippen LogP contribution in [0, 0.1) is 5.92 Å². The van der Waals surface area contributed by atoms with Crippen LogP contribution in [0.15, 0.2) is 60.7 Å². The first kappa shape index (κ1) is 41.8. The summed E-state index contributed by atoms with van der Waals surface area (Å²) in [5.41, 5.74) is 1.80. The van der Waals surface area contributed by atoms with Gasteiger partial charge in [0.2, 0.25) is 27.7 Å². The van der Waals surface area contributed by atoms with Crippen molar-refractivity contribution in [2.75, 3.05) is 6.54 Å². The highest BCUT2D eigenvalue weighted by Crippen LogP contribution is 2.46. The molecule has 17 heteroatoms. The number of nitrogens with one attached hydrogen (secondary N) is 3. The summed E-state index contributed by atoms with van der Waals surface area (Å²) in [7, 11) is -3.92. The summed E-state index contributed by atoms with van der Waals surface area (Å²) in [6.45, 7) is 4.10. The average molecular weight is 867 g/mol. The Morgan fingerprint density at radius 3 is 2.50 bits per heavy atom. The molecule has 0 spiro atoms. The Kier molecular flexibility index (Phi) is 11.4. The van der Waals surface area contributed by atoms with E-state index in [-0.39, 0.29) is 31.4 Å². The van der Waals surface area contributed by atoms with E-state index in [9.17, 15) is 27.6 Å². The molecule has 5 heterocycles. The van der Waals surface area contributed by atoms with Crippen molar-refractivity contribution < 1.29 is 37.1 Å². The molecule has 62 heavy (non-hydrogen) atoms. The van der Waals surface area contributed by atoms with Gasteiger partial charge in [-0.1, -0.05) is 57.0 Å². The van der Waals surface area contributed by atoms with E-state index in [1.54, 1.807) is 10.6 Å². The zero-order valence-corrected chi connectivity index (χ0v) is 35.9. The molecule has 1 saturated heterocycles. The summed E-state index contributed by atoms with van der Waals surface area (Å²) in [6, 6.07) is 13.0. The quantitative estimate of drug-likeness (QED) is 0.180. The Hall–Kier alpha value is -5.58. The van der Waals surface area contributed by atoms with Crippen LogP contribution in [0.4, 0.5) is 4.79 Å². The number of pyridine rings is 1. The second-order valence-electron chi connectivity index (χ2n) is 17.8. The van der Waals surface area contributed by atoms with Gasteiger partial charge >= 0.3 is 6.09 Å². The largest absolute Gasteiger partial charge is 0.472 e. The molecule has 3 aromatic heterocycles. The summed E-state index contributed by atoms with van der Waals surface area (Å²) >= 11 is 0. The van der Waals surface area contributed by atoms with E-state index in [4.69, 9.17) is 24.5 Å². The molecule has 3 N–H and O–H groups in total. The second-order valence-corrected chi connectivity index (χ2v) is 19.8. The van der Waals surface area contributed by atoms with Gasteiger partial charge in [0.1, 0.15) is 29.8 Å². The molecule has 9 rings (SSSR count). The van der Waals surface area contributed by atoms with Crippen molar-refractivity contribution in [1.29, 1.82) is 0 Å². The minimum atomic E-state index is -3.92. The molecular weight excluding hydrogens is 813 g/mol. The number of benzene rings is 1. The minimum absolute atomic E-state index is 0.0242. The molecule has 4 aromatic rings. The van der Waals surface area contributed by atoms with Gasteiger partial charge < -0.3 is 25.0 Å². The van der Waals surface area contributed by atoms with Crippen molar-refractivity contribution >= 4 is 50.4 Å². The molecule has 2 aliphatic heterocycles. The van der Waals surface area contributed by atoms with Crippen LogP contribution in [0.25, 0.3) is 27.9 Å². The van der Waals surface area contributed by atoms with Crippen molar-refractivity contribution in [3.63, 3.8) is 0 Å². The summed E-state index contributed by atoms with van der Waals surface area (Å²) in [5.74, 6) is -1.83. The van der Waals surface area contributed by atoms with Gasteiger partial charge in [0.15, 0.2) is 5.65 Å². The second kappa shape index (κ2) is 16.9. The first-order valence-corrected chi connectivity index (χ1v) is 23.7. The van der Waals surface area contributed by atoms with Crippen molar-refractivity contribution in [2.24, 2.45) is 5.92 Å². The van der Waals surface area contributed by atoms with Crippen LogP contribution in [-0.2, 0) is 29.1 Å². The number of amides is 4. The lowest BCUT2D eigenvalue weighted by Gasteiger charge is -2.30. The predicted molar refractivity (Wildman–Crippen MR) is 229 cm³/mol. The maximum Gasteiger partial charge on any atom is 0.408 e. The van der Waals surface area contributed by atoms with E-state index in [0.717, 1.165) is 49.6 Å². The van der Waals surface area contributed by atoms with E-state index in [1.807, 2.05) is 54.6 Å². The van der Waals surface area contributed by atoms with Crippen LogP contribution in [0.1, 0.15) is 109 Å². The maximum absolute atomic E-state index is 14.8. The van der Waals surface area contributed by atoms with Gasteiger partial charge in [-0.3, -0.25) is 24.1 Å². The van der Waals surface area contributed by atoms with Gasteiger partial charge in [0, 0.05) is 29.5 Å². The monoisotopic (exact) mass is 866 g/mol. The molecule has 1 aromatic carbocycles. The number of alkyl carbamates (subject to hydrolysis) is 1. The van der Waals surface area contributed by atoms with Crippen molar-refractivity contribution in [1.82, 2.24) is 39.8 Å². The van der Waals surface area contributed by atoms with Gasteiger partial charge in [-0.15, -0.1) is 0 Å². The third-order valence-electron chi connectivity index (χ3n) is 12.9. The van der Waals surface area contributed by atoms with Crippen LogP contribution in [0.3, 0.4) is 0 Å². The van der Waals surface area contributed by atoms with Crippen LogP contribution < -0.4 is 20.1 Å². The third-order valence-corrected chi connectivity index (χ3v) is 14.7. The molecule has 3 saturated carbocycles. The Labute approximate surface area is 360 Å². The summed E-state index contributed by atoms with van der Waals surface area (Å²) in [6.07, 6.45) is 10.0. The fourth-order valence-corrected chi connectivity index (χ4v) is 10.5. The van der Waals surface area contributed by atoms with Gasteiger partial charge in [-0.2, -0.15) is 9.61 Å².